The summed E-state index contributed by atoms with van der Waals surface area (Å²) >= 11 is 0. The van der Waals surface area contributed by atoms with Crippen LogP contribution in [0.4, 0.5) is 5.69 Å². The zero-order chi connectivity index (χ0) is 17.5. The highest BCUT2D eigenvalue weighted by Gasteiger charge is 2.11. The second-order valence-corrected chi connectivity index (χ2v) is 5.58. The number of methoxy groups -OCH3 is 1. The average Bonchev–Trinajstić information content (AvgIpc) is 2.56. The van der Waals surface area contributed by atoms with E-state index >= 15 is 0 Å². The molecule has 0 saturated carbocycles. The van der Waals surface area contributed by atoms with E-state index in [0.717, 1.165) is 16.7 Å². The predicted molar refractivity (Wildman–Crippen MR) is 92.0 cm³/mol. The van der Waals surface area contributed by atoms with Crippen LogP contribution in [0.1, 0.15) is 27.0 Å². The molecular formula is C19H21NO4. The van der Waals surface area contributed by atoms with Crippen molar-refractivity contribution in [3.63, 3.8) is 0 Å². The summed E-state index contributed by atoms with van der Waals surface area (Å²) in [6.45, 7) is 3.98. The topological polar surface area (TPSA) is 64.6 Å². The van der Waals surface area contributed by atoms with E-state index in [9.17, 15) is 9.59 Å². The lowest BCUT2D eigenvalue weighted by molar-refractivity contribution is -0.119. The lowest BCUT2D eigenvalue weighted by Crippen LogP contribution is -2.21. The van der Waals surface area contributed by atoms with E-state index < -0.39 is 5.97 Å². The summed E-state index contributed by atoms with van der Waals surface area (Å²) in [5.74, 6) is -0.910. The van der Waals surface area contributed by atoms with Gasteiger partial charge in [0.15, 0.2) is 6.61 Å². The first-order valence-corrected chi connectivity index (χ1v) is 7.61. The fraction of sp³-hybridized carbons (Fsp3) is 0.263. The molecule has 0 aromatic heterocycles. The van der Waals surface area contributed by atoms with Crippen molar-refractivity contribution in [3.8, 4) is 0 Å². The normalized spacial score (nSPS) is 10.3. The molecule has 0 radical (unpaired) electrons. The first-order valence-electron chi connectivity index (χ1n) is 7.61. The first-order chi connectivity index (χ1) is 11.5. The smallest absolute Gasteiger partial charge is 0.338 e. The van der Waals surface area contributed by atoms with Crippen molar-refractivity contribution in [2.45, 2.75) is 20.5 Å². The van der Waals surface area contributed by atoms with Crippen molar-refractivity contribution in [3.05, 3.63) is 64.7 Å². The molecule has 5 heteroatoms. The maximum absolute atomic E-state index is 12.0. The van der Waals surface area contributed by atoms with Gasteiger partial charge in [-0.05, 0) is 43.2 Å². The highest BCUT2D eigenvalue weighted by molar-refractivity contribution is 5.96. The minimum Gasteiger partial charge on any atom is -0.452 e. The Kier molecular flexibility index (Phi) is 6.09. The standard InChI is InChI=1S/C19H21NO4/c1-13-7-8-17(14(2)9-13)20-18(21)12-24-19(22)16-6-4-5-15(10-16)11-23-3/h4-10H,11-12H2,1-3H3,(H,20,21). The molecule has 0 unspecified atom stereocenters. The Balaban J connectivity index is 1.91. The molecule has 2 aromatic carbocycles. The third kappa shape index (κ3) is 4.93. The Morgan fingerprint density at radius 2 is 1.88 bits per heavy atom. The predicted octanol–water partition coefficient (Wildman–Crippen LogP) is 3.25. The minimum atomic E-state index is -0.538. The van der Waals surface area contributed by atoms with Gasteiger partial charge in [0.25, 0.3) is 5.91 Å². The molecule has 1 amide bonds. The summed E-state index contributed by atoms with van der Waals surface area (Å²) in [5.41, 5.74) is 4.05. The van der Waals surface area contributed by atoms with Crippen LogP contribution in [-0.4, -0.2) is 25.6 Å². The van der Waals surface area contributed by atoms with Gasteiger partial charge in [0.05, 0.1) is 12.2 Å². The molecule has 24 heavy (non-hydrogen) atoms. The molecule has 2 rings (SSSR count). The van der Waals surface area contributed by atoms with Crippen LogP contribution in [0.2, 0.25) is 0 Å². The molecule has 0 aliphatic heterocycles. The van der Waals surface area contributed by atoms with Crippen LogP contribution in [0, 0.1) is 13.8 Å². The van der Waals surface area contributed by atoms with Crippen molar-refractivity contribution in [2.75, 3.05) is 19.0 Å². The number of benzene rings is 2. The van der Waals surface area contributed by atoms with E-state index in [1.165, 1.54) is 0 Å². The second kappa shape index (κ2) is 8.26. The van der Waals surface area contributed by atoms with Crippen LogP contribution < -0.4 is 5.32 Å². The van der Waals surface area contributed by atoms with Gasteiger partial charge in [-0.2, -0.15) is 0 Å². The number of hydrogen-bond donors (Lipinski definition) is 1. The molecular weight excluding hydrogens is 306 g/mol. The van der Waals surface area contributed by atoms with Crippen molar-refractivity contribution >= 4 is 17.6 Å². The molecule has 0 aliphatic rings. The van der Waals surface area contributed by atoms with Gasteiger partial charge in [0.1, 0.15) is 0 Å². The molecule has 0 aliphatic carbocycles. The molecule has 0 spiro atoms. The van der Waals surface area contributed by atoms with Crippen molar-refractivity contribution in [2.24, 2.45) is 0 Å². The minimum absolute atomic E-state index is 0.333. The largest absolute Gasteiger partial charge is 0.452 e. The van der Waals surface area contributed by atoms with Gasteiger partial charge in [-0.25, -0.2) is 4.79 Å². The zero-order valence-corrected chi connectivity index (χ0v) is 14.1. The third-order valence-corrected chi connectivity index (χ3v) is 3.46. The van der Waals surface area contributed by atoms with Crippen LogP contribution in [-0.2, 0) is 20.9 Å². The van der Waals surface area contributed by atoms with E-state index in [1.54, 1.807) is 25.3 Å². The number of esters is 1. The van der Waals surface area contributed by atoms with Crippen molar-refractivity contribution in [1.82, 2.24) is 0 Å². The van der Waals surface area contributed by atoms with Gasteiger partial charge >= 0.3 is 5.97 Å². The SMILES string of the molecule is COCc1cccc(C(=O)OCC(=O)Nc2ccc(C)cc2C)c1. The first kappa shape index (κ1) is 17.7. The summed E-state index contributed by atoms with van der Waals surface area (Å²) in [4.78, 5) is 24.0. The number of anilines is 1. The lowest BCUT2D eigenvalue weighted by Gasteiger charge is -2.10. The number of amides is 1. The molecule has 0 bridgehead atoms. The van der Waals surface area contributed by atoms with Gasteiger partial charge < -0.3 is 14.8 Å². The van der Waals surface area contributed by atoms with Crippen molar-refractivity contribution in [1.29, 1.82) is 0 Å². The maximum atomic E-state index is 12.0. The number of hydrogen-bond acceptors (Lipinski definition) is 4. The highest BCUT2D eigenvalue weighted by Crippen LogP contribution is 2.16. The number of carbonyl (C=O) groups is 2. The Morgan fingerprint density at radius 1 is 1.08 bits per heavy atom. The van der Waals surface area contributed by atoms with Crippen LogP contribution in [0.15, 0.2) is 42.5 Å². The maximum Gasteiger partial charge on any atom is 0.338 e. The van der Waals surface area contributed by atoms with Crippen LogP contribution in [0.5, 0.6) is 0 Å². The van der Waals surface area contributed by atoms with E-state index in [0.29, 0.717) is 17.9 Å². The molecule has 1 N–H and O–H groups in total. The number of aryl methyl sites for hydroxylation is 2. The van der Waals surface area contributed by atoms with E-state index in [2.05, 4.69) is 5.32 Å². The Morgan fingerprint density at radius 3 is 2.58 bits per heavy atom. The summed E-state index contributed by atoms with van der Waals surface area (Å²) in [7, 11) is 1.59. The van der Waals surface area contributed by atoms with Gasteiger partial charge in [0.2, 0.25) is 0 Å². The fourth-order valence-electron chi connectivity index (χ4n) is 2.31. The Hall–Kier alpha value is -2.66. The number of ether oxygens (including phenoxy) is 2. The number of nitrogens with one attached hydrogen (secondary N) is 1. The summed E-state index contributed by atoms with van der Waals surface area (Å²) in [6.07, 6.45) is 0. The van der Waals surface area contributed by atoms with Gasteiger partial charge in [0, 0.05) is 12.8 Å². The van der Waals surface area contributed by atoms with E-state index in [1.807, 2.05) is 38.1 Å². The lowest BCUT2D eigenvalue weighted by atomic mass is 10.1. The van der Waals surface area contributed by atoms with Crippen LogP contribution in [0.25, 0.3) is 0 Å². The molecule has 5 nitrogen and oxygen atoms in total. The molecule has 0 saturated heterocycles. The molecule has 0 fully saturated rings. The van der Waals surface area contributed by atoms with Gasteiger partial charge in [-0.3, -0.25) is 4.79 Å². The average molecular weight is 327 g/mol. The van der Waals surface area contributed by atoms with Gasteiger partial charge in [-0.15, -0.1) is 0 Å². The number of carbonyl (C=O) groups excluding carboxylic acids is 2. The monoisotopic (exact) mass is 327 g/mol. The number of rotatable bonds is 6. The zero-order valence-electron chi connectivity index (χ0n) is 14.1. The molecule has 0 atom stereocenters. The quantitative estimate of drug-likeness (QED) is 0.827. The summed E-state index contributed by atoms with van der Waals surface area (Å²) in [5, 5.41) is 2.74. The third-order valence-electron chi connectivity index (χ3n) is 3.46. The van der Waals surface area contributed by atoms with Crippen LogP contribution in [0.3, 0.4) is 0 Å². The van der Waals surface area contributed by atoms with Crippen molar-refractivity contribution < 1.29 is 19.1 Å². The Labute approximate surface area is 141 Å². The van der Waals surface area contributed by atoms with E-state index in [-0.39, 0.29) is 12.5 Å². The summed E-state index contributed by atoms with van der Waals surface area (Å²) in [6, 6.07) is 12.7. The highest BCUT2D eigenvalue weighted by atomic mass is 16.5. The van der Waals surface area contributed by atoms with Gasteiger partial charge in [-0.1, -0.05) is 29.8 Å². The molecule has 0 heterocycles. The van der Waals surface area contributed by atoms with Crippen LogP contribution >= 0.6 is 0 Å². The molecule has 2 aromatic rings. The molecule has 126 valence electrons. The Bertz CT molecular complexity index is 740. The van der Waals surface area contributed by atoms with E-state index in [4.69, 9.17) is 9.47 Å². The second-order valence-electron chi connectivity index (χ2n) is 5.58. The fourth-order valence-corrected chi connectivity index (χ4v) is 2.31. The summed E-state index contributed by atoms with van der Waals surface area (Å²) < 4.78 is 10.1.